The number of thioether (sulfide) groups is 2. The van der Waals surface area contributed by atoms with Crippen LogP contribution in [-0.2, 0) is 49.7 Å². The van der Waals surface area contributed by atoms with E-state index >= 15 is 0 Å². The molecular formula is C110H162N28O2S2. The summed E-state index contributed by atoms with van der Waals surface area (Å²) in [5.74, 6) is 14.9. The van der Waals surface area contributed by atoms with Crippen LogP contribution in [-0.4, -0.2) is 226 Å². The number of rotatable bonds is 0. The topological polar surface area (TPSA) is 366 Å². The van der Waals surface area contributed by atoms with Gasteiger partial charge in [-0.3, -0.25) is 9.97 Å². The lowest BCUT2D eigenvalue weighted by Gasteiger charge is -2.17. The van der Waals surface area contributed by atoms with Crippen molar-refractivity contribution in [2.45, 2.75) is 223 Å². The molecule has 0 amide bonds. The van der Waals surface area contributed by atoms with Crippen LogP contribution < -0.4 is 84.5 Å². The van der Waals surface area contributed by atoms with Crippen molar-refractivity contribution in [3.8, 4) is 5.75 Å². The first-order valence-corrected chi connectivity index (χ1v) is 55.4. The third-order valence-corrected chi connectivity index (χ3v) is 27.6. The first kappa shape index (κ1) is 110. The molecule has 26 heterocycles. The minimum atomic E-state index is 0.735. The van der Waals surface area contributed by atoms with Crippen molar-refractivity contribution in [2.75, 3.05) is 213 Å². The van der Waals surface area contributed by atoms with E-state index in [9.17, 15) is 0 Å². The number of piperidine rings is 1. The molecular weight excluding hydrogens is 1810 g/mol. The van der Waals surface area contributed by atoms with Crippen molar-refractivity contribution >= 4 is 87.3 Å². The third-order valence-electron chi connectivity index (χ3n) is 25.4. The number of nitrogens with zero attached hydrogens (tertiary/aromatic N) is 13. The Morgan fingerprint density at radius 3 is 1.49 bits per heavy atom. The van der Waals surface area contributed by atoms with Gasteiger partial charge >= 0.3 is 0 Å². The molecule has 0 aromatic carbocycles. The van der Waals surface area contributed by atoms with E-state index in [1.54, 1.807) is 37.3 Å². The molecule has 4 saturated heterocycles. The van der Waals surface area contributed by atoms with Crippen LogP contribution in [0.2, 0.25) is 0 Å². The van der Waals surface area contributed by atoms with Gasteiger partial charge in [-0.25, -0.2) is 44.9 Å². The fourth-order valence-corrected chi connectivity index (χ4v) is 19.5. The molecule has 2 unspecified atom stereocenters. The summed E-state index contributed by atoms with van der Waals surface area (Å²) in [5.41, 5.74) is 11.4. The fourth-order valence-electron chi connectivity index (χ4n) is 17.6. The zero-order valence-electron chi connectivity index (χ0n) is 84.3. The van der Waals surface area contributed by atoms with Gasteiger partial charge in [-0.05, 0) is 325 Å². The zero-order chi connectivity index (χ0) is 97.6. The lowest BCUT2D eigenvalue weighted by molar-refractivity contribution is 0.144. The van der Waals surface area contributed by atoms with Crippen molar-refractivity contribution in [3.63, 3.8) is 0 Å². The average Bonchev–Trinajstić information content (AvgIpc) is 1.64. The van der Waals surface area contributed by atoms with E-state index in [0.717, 1.165) is 224 Å². The Labute approximate surface area is 854 Å². The molecule has 27 rings (SSSR count). The maximum absolute atomic E-state index is 5.30. The van der Waals surface area contributed by atoms with E-state index < -0.39 is 0 Å². The van der Waals surface area contributed by atoms with Crippen molar-refractivity contribution in [1.82, 2.24) is 86.3 Å². The van der Waals surface area contributed by atoms with Gasteiger partial charge in [0.25, 0.3) is 0 Å². The minimum absolute atomic E-state index is 0.735. The van der Waals surface area contributed by atoms with Crippen molar-refractivity contribution in [1.29, 1.82) is 0 Å². The van der Waals surface area contributed by atoms with Crippen molar-refractivity contribution in [3.05, 3.63) is 229 Å². The highest BCUT2D eigenvalue weighted by molar-refractivity contribution is 7.99. The third kappa shape index (κ3) is 44.4. The number of hydrogen-bond acceptors (Lipinski definition) is 32. The van der Waals surface area contributed by atoms with Gasteiger partial charge in [0.1, 0.15) is 53.7 Å². The molecule has 5 fully saturated rings. The predicted octanol–water partition coefficient (Wildman–Crippen LogP) is 19.3. The zero-order valence-corrected chi connectivity index (χ0v) is 85.9. The Kier molecular flexibility index (Phi) is 54.5. The molecule has 1 saturated carbocycles. The molecule has 0 radical (unpaired) electrons. The van der Waals surface area contributed by atoms with Crippen molar-refractivity contribution in [2.24, 2.45) is 5.92 Å². The van der Waals surface area contributed by atoms with Gasteiger partial charge in [0.15, 0.2) is 17.4 Å². The second-order valence-corrected chi connectivity index (χ2v) is 38.9. The van der Waals surface area contributed by atoms with Crippen LogP contribution in [0.1, 0.15) is 206 Å². The van der Waals surface area contributed by atoms with E-state index in [0.29, 0.717) is 0 Å². The maximum atomic E-state index is 5.30. The molecule has 142 heavy (non-hydrogen) atoms. The van der Waals surface area contributed by atoms with Gasteiger partial charge in [-0.2, -0.15) is 16.9 Å². The minimum Gasteiger partial charge on any atom is -0.488 e. The second-order valence-electron chi connectivity index (χ2n) is 36.6. The van der Waals surface area contributed by atoms with Gasteiger partial charge in [0.2, 0.25) is 0 Å². The Balaban J connectivity index is 0.000000136. The quantitative estimate of drug-likeness (QED) is 0.0627. The summed E-state index contributed by atoms with van der Waals surface area (Å²) in [6.07, 6.45) is 75.0. The number of aromatic nitrogens is 13. The summed E-state index contributed by atoms with van der Waals surface area (Å²) in [5, 5.41) is 56.5. The predicted molar refractivity (Wildman–Crippen MR) is 592 cm³/mol. The molecule has 0 spiro atoms. The molecule has 10 aromatic rings. The van der Waals surface area contributed by atoms with Gasteiger partial charge < -0.3 is 89.2 Å². The molecule has 16 aliphatic heterocycles. The highest BCUT2D eigenvalue weighted by atomic mass is 32.2. The molecule has 17 aliphatic rings. The lowest BCUT2D eigenvalue weighted by atomic mass is 10.1. The first-order valence-electron chi connectivity index (χ1n) is 53.3. The fraction of sp³-hybridized carbons (Fsp3) is 0.536. The largest absolute Gasteiger partial charge is 0.488 e. The Morgan fingerprint density at radius 2 is 0.831 bits per heavy atom. The molecule has 10 aromatic heterocycles. The molecule has 766 valence electrons. The summed E-state index contributed by atoms with van der Waals surface area (Å²) in [4.78, 5) is 46.8. The molecule has 2 atom stereocenters. The summed E-state index contributed by atoms with van der Waals surface area (Å²) in [6, 6.07) is 29.2. The molecule has 2 bridgehead atoms. The number of ether oxygens (including phenoxy) is 2. The summed E-state index contributed by atoms with van der Waals surface area (Å²) in [6.45, 7) is 22.4. The smallest absolute Gasteiger partial charge is 0.168 e. The SMILES string of the molecule is C1=CCCNCC1.C1=CCNCCC1.C1CC2CC1CN2.C1CCCNCC1.C1CCCOCC1.C1CCCSCC1.c1cc2c(cn1)CCCN2.c1cc2c(nn1)NCCC2.c1cnc2c(c1)CCCCN2.c1cnc2c(c1)CCCN2.c1cnc2c(c1)CCN2.c1cnc2c(c1)NCCN2.c1cnc2c(c1)OCCN2.c1cnc2c(c1)SCCN2.c1cnc2c(n1)CCCN2.c1ncc2c(n1)NCCC2. The van der Waals surface area contributed by atoms with Crippen LogP contribution in [0.15, 0.2) is 195 Å². The summed E-state index contributed by atoms with van der Waals surface area (Å²) < 4.78 is 10.5. The Bertz CT molecular complexity index is 4070. The standard InChI is InChI=1S/C9H12N2.2C8H10N2.4C7H9N3.C7H8N2O.C7H8N2S.C7H8N2.C6H11N.C6H13N.2C6H11N.C6H12O.C6H12S/c1-2-6-10-9-8(4-1)5-3-7-11-9;1-3-7-4-2-6-10-8(7)9-5-1;1-2-7-6-9-5-3-8(7)10-4-1;1-2-6-3-5-9-10-7(6)8-4-1;1-2-6-4-8-5-10-7(6)9-3-1;2*1-2-6-7(9-3-1)10-5-4-8-6;2*1-2-6-7(8-3-1)9-4-5-10-6;1-2-6-3-5-9-7(6)8-4-1;1-2-6-3-5(1)4-7-6;5*1-2-4-6-7-5-3-1/h3,5,7H,1-2,4,6H2,(H,10,11);1,3,5H,2,4,6H2,(H,9,10);3,5-6,10H,1-2,4H2;3,5H,1-2,4H2,(H,8,10);4-5H,1-3H2,(H,8,9,10);4-5H,1-3H2,(H,9,10);1-3,8H,4-5H2,(H,9,10);2*1-3H,4-5H2,(H,8,9);1-2,4H,3,5H2,(H,8,9);5-7H,1-4H2;7H,1-6H2;1,3,7H,2,4-6H2;1-2,7H,3-6H2;2*1-6H2. The summed E-state index contributed by atoms with van der Waals surface area (Å²) in [7, 11) is 0. The van der Waals surface area contributed by atoms with Crippen LogP contribution in [0.25, 0.3) is 0 Å². The number of hydrogen-bond donors (Lipinski definition) is 15. The van der Waals surface area contributed by atoms with E-state index in [2.05, 4.69) is 205 Å². The number of nitrogens with one attached hydrogen (secondary N) is 15. The number of anilines is 11. The Morgan fingerprint density at radius 1 is 0.303 bits per heavy atom. The van der Waals surface area contributed by atoms with Gasteiger partial charge in [0.05, 0.1) is 24.1 Å². The second kappa shape index (κ2) is 70.5. The van der Waals surface area contributed by atoms with E-state index in [-0.39, 0.29) is 0 Å². The van der Waals surface area contributed by atoms with Crippen LogP contribution >= 0.6 is 23.5 Å². The van der Waals surface area contributed by atoms with Crippen molar-refractivity contribution < 1.29 is 9.47 Å². The van der Waals surface area contributed by atoms with E-state index in [1.165, 1.54) is 268 Å². The molecule has 30 nitrogen and oxygen atoms in total. The van der Waals surface area contributed by atoms with E-state index in [1.807, 2.05) is 116 Å². The molecule has 32 heteroatoms. The van der Waals surface area contributed by atoms with Crippen LogP contribution in [0.5, 0.6) is 5.75 Å². The number of allylic oxidation sites excluding steroid dienone is 1. The molecule has 1 aliphatic carbocycles. The van der Waals surface area contributed by atoms with Crippen LogP contribution in [0, 0.1) is 5.92 Å². The average molecular weight is 1970 g/mol. The highest BCUT2D eigenvalue weighted by Crippen LogP contribution is 2.32. The van der Waals surface area contributed by atoms with Crippen LogP contribution in [0.4, 0.5) is 63.7 Å². The highest BCUT2D eigenvalue weighted by Gasteiger charge is 2.30. The van der Waals surface area contributed by atoms with Gasteiger partial charge in [-0.1, -0.05) is 81.0 Å². The van der Waals surface area contributed by atoms with E-state index in [4.69, 9.17) is 9.47 Å². The first-order chi connectivity index (χ1) is 70.6. The Hall–Kier alpha value is -11.1. The van der Waals surface area contributed by atoms with Gasteiger partial charge in [-0.15, -0.1) is 16.9 Å². The van der Waals surface area contributed by atoms with Gasteiger partial charge in [0, 0.05) is 181 Å². The lowest BCUT2D eigenvalue weighted by Crippen LogP contribution is -2.23. The maximum Gasteiger partial charge on any atom is 0.168 e. The summed E-state index contributed by atoms with van der Waals surface area (Å²) >= 11 is 3.98. The number of fused-ring (bicyclic) bond motifs is 12. The monoisotopic (exact) mass is 1970 g/mol. The normalized spacial score (nSPS) is 18.9. The number of aryl methyl sites for hydroxylation is 6. The number of pyridine rings is 7. The molecule has 15 N–H and O–H groups in total. The van der Waals surface area contributed by atoms with Crippen LogP contribution in [0.3, 0.4) is 0 Å².